The van der Waals surface area contributed by atoms with Crippen LogP contribution in [-0.2, 0) is 23.4 Å². The number of para-hydroxylation sites is 1. The molecule has 0 saturated carbocycles. The Labute approximate surface area is 244 Å². The van der Waals surface area contributed by atoms with Crippen molar-refractivity contribution in [3.63, 3.8) is 0 Å². The molecule has 14 nitrogen and oxygen atoms in total. The van der Waals surface area contributed by atoms with Crippen molar-refractivity contribution in [2.24, 2.45) is 5.41 Å². The van der Waals surface area contributed by atoms with Crippen LogP contribution in [0.25, 0.3) is 11.2 Å². The van der Waals surface area contributed by atoms with E-state index in [1.165, 1.54) is 13.3 Å². The predicted octanol–water partition coefficient (Wildman–Crippen LogP) is 2.51. The van der Waals surface area contributed by atoms with E-state index < -0.39 is 50.2 Å². The van der Waals surface area contributed by atoms with E-state index in [0.29, 0.717) is 17.0 Å². The smallest absolute Gasteiger partial charge is 0.459 e. The molecule has 1 aromatic carbocycles. The Morgan fingerprint density at radius 1 is 1.31 bits per heavy atom. The van der Waals surface area contributed by atoms with Crippen molar-refractivity contribution >= 4 is 36.6 Å². The van der Waals surface area contributed by atoms with Crippen LogP contribution in [-0.4, -0.2) is 75.7 Å². The summed E-state index contributed by atoms with van der Waals surface area (Å²) in [5.74, 6) is 2.73. The molecule has 1 aliphatic rings. The van der Waals surface area contributed by atoms with E-state index in [4.69, 9.17) is 30.7 Å². The first-order valence-corrected chi connectivity index (χ1v) is 14.8. The Bertz CT molecular complexity index is 1510. The van der Waals surface area contributed by atoms with Crippen LogP contribution < -0.4 is 20.2 Å². The van der Waals surface area contributed by atoms with Gasteiger partial charge in [0.2, 0.25) is 5.95 Å². The van der Waals surface area contributed by atoms with E-state index in [0.717, 1.165) is 0 Å². The number of nitrogens with two attached hydrogens (primary N) is 1. The number of imidazole rings is 1. The van der Waals surface area contributed by atoms with Gasteiger partial charge in [0.25, 0.3) is 0 Å². The highest BCUT2D eigenvalue weighted by molar-refractivity contribution is 7.52. The molecule has 15 heteroatoms. The van der Waals surface area contributed by atoms with Crippen molar-refractivity contribution in [1.82, 2.24) is 24.6 Å². The quantitative estimate of drug-likeness (QED) is 0.166. The number of carbonyl (C=O) groups excluding carboxylic acids is 1. The number of nitrogens with zero attached hydrogens (tertiary/aromatic N) is 5. The zero-order chi connectivity index (χ0) is 30.8. The summed E-state index contributed by atoms with van der Waals surface area (Å²) in [7, 11) is -0.635. The number of anilines is 2. The molecule has 3 heterocycles. The average Bonchev–Trinajstić information content (AvgIpc) is 3.45. The number of terminal acetylenes is 1. The number of carbonyl (C=O) groups is 1. The summed E-state index contributed by atoms with van der Waals surface area (Å²) in [6, 6.07) is 7.26. The number of aliphatic hydroxyl groups excluding tert-OH is 1. The topological polar surface area (TPSA) is 176 Å². The summed E-state index contributed by atoms with van der Waals surface area (Å²) in [4.78, 5) is 27.2. The van der Waals surface area contributed by atoms with Crippen molar-refractivity contribution in [1.29, 1.82) is 0 Å². The van der Waals surface area contributed by atoms with E-state index >= 15 is 0 Å². The van der Waals surface area contributed by atoms with E-state index in [1.807, 2.05) is 0 Å². The third-order valence-corrected chi connectivity index (χ3v) is 8.27. The minimum absolute atomic E-state index is 0.0176. The molecule has 2 aromatic heterocycles. The molecule has 0 bridgehead atoms. The summed E-state index contributed by atoms with van der Waals surface area (Å²) in [6.07, 6.45) is 3.73. The monoisotopic (exact) mass is 601 g/mol. The zero-order valence-electron chi connectivity index (χ0n) is 24.3. The van der Waals surface area contributed by atoms with Gasteiger partial charge in [-0.2, -0.15) is 15.1 Å². The van der Waals surface area contributed by atoms with Gasteiger partial charge in [0.1, 0.15) is 29.4 Å². The number of benzene rings is 1. The maximum absolute atomic E-state index is 13.9. The third kappa shape index (κ3) is 6.35. The molecular weight excluding hydrogens is 565 g/mol. The fourth-order valence-corrected chi connectivity index (χ4v) is 5.96. The Kier molecular flexibility index (Phi) is 9.10. The number of aromatic nitrogens is 4. The Hall–Kier alpha value is -3.73. The van der Waals surface area contributed by atoms with Crippen molar-refractivity contribution < 1.29 is 33.0 Å². The van der Waals surface area contributed by atoms with Crippen LogP contribution in [0, 0.1) is 17.8 Å². The van der Waals surface area contributed by atoms with E-state index in [2.05, 4.69) is 26.0 Å². The molecule has 0 aliphatic carbocycles. The molecule has 1 saturated heterocycles. The van der Waals surface area contributed by atoms with Crippen LogP contribution in [0.1, 0.15) is 33.9 Å². The summed E-state index contributed by atoms with van der Waals surface area (Å²) in [6.45, 7) is 6.10. The molecule has 3 aromatic rings. The molecule has 226 valence electrons. The lowest BCUT2D eigenvalue weighted by atomic mass is 9.83. The Morgan fingerprint density at radius 3 is 2.62 bits per heavy atom. The maximum atomic E-state index is 13.9. The number of esters is 1. The maximum Gasteiger partial charge on any atom is 0.459 e. The summed E-state index contributed by atoms with van der Waals surface area (Å²) in [5, 5.41) is 13.9. The SMILES string of the molecule is C#C[C@@]1(C)[C@H](O)[C@@H](CO[P@@](=O)(N[C@@H](C)C(=O)OC(C)C)Oc2ccccc2)O[C@H]1n1cnc2c(N(C)C)nc(N)nc21. The van der Waals surface area contributed by atoms with Crippen molar-refractivity contribution in [3.8, 4) is 18.1 Å². The number of fused-ring (bicyclic) bond motifs is 1. The highest BCUT2D eigenvalue weighted by atomic mass is 31.2. The molecule has 0 radical (unpaired) electrons. The van der Waals surface area contributed by atoms with Gasteiger partial charge in [-0.1, -0.05) is 24.1 Å². The number of ether oxygens (including phenoxy) is 2. The number of nitrogens with one attached hydrogen (secondary N) is 1. The lowest BCUT2D eigenvalue weighted by Gasteiger charge is -2.28. The third-order valence-electron chi connectivity index (χ3n) is 6.63. The molecule has 0 unspecified atom stereocenters. The largest absolute Gasteiger partial charge is 0.462 e. The Balaban J connectivity index is 1.61. The van der Waals surface area contributed by atoms with Crippen LogP contribution in [0.3, 0.4) is 0 Å². The second-order valence-electron chi connectivity index (χ2n) is 10.6. The molecule has 6 atom stereocenters. The number of aliphatic hydroxyl groups is 1. The first kappa shape index (κ1) is 31.2. The van der Waals surface area contributed by atoms with Crippen molar-refractivity contribution in [2.45, 2.75) is 58.3 Å². The molecule has 42 heavy (non-hydrogen) atoms. The van der Waals surface area contributed by atoms with E-state index in [9.17, 15) is 14.5 Å². The fourth-order valence-electron chi connectivity index (χ4n) is 4.46. The second kappa shape index (κ2) is 12.2. The number of rotatable bonds is 11. The first-order valence-electron chi connectivity index (χ1n) is 13.2. The van der Waals surface area contributed by atoms with Gasteiger partial charge in [0.15, 0.2) is 23.2 Å². The summed E-state index contributed by atoms with van der Waals surface area (Å²) in [5.41, 5.74) is 5.49. The van der Waals surface area contributed by atoms with Crippen LogP contribution in [0.2, 0.25) is 0 Å². The van der Waals surface area contributed by atoms with Crippen molar-refractivity contribution in [2.75, 3.05) is 31.3 Å². The van der Waals surface area contributed by atoms with Gasteiger partial charge >= 0.3 is 13.7 Å². The van der Waals surface area contributed by atoms with Crippen LogP contribution in [0.5, 0.6) is 5.75 Å². The highest BCUT2D eigenvalue weighted by Crippen LogP contribution is 2.49. The molecular formula is C27H36N7O7P. The molecule has 0 spiro atoms. The van der Waals surface area contributed by atoms with Gasteiger partial charge < -0.3 is 29.7 Å². The average molecular weight is 602 g/mol. The van der Waals surface area contributed by atoms with Gasteiger partial charge in [0.05, 0.1) is 19.0 Å². The minimum Gasteiger partial charge on any atom is -0.462 e. The van der Waals surface area contributed by atoms with E-state index in [1.54, 1.807) is 74.7 Å². The standard InChI is InChI=1S/C27H36N7O7P/c1-8-27(5)21(35)19(40-25(27)34-15-29-20-22(33(6)7)30-26(28)31-23(20)34)14-38-42(37,41-18-12-10-9-11-13-18)32-17(4)24(36)39-16(2)3/h1,9-13,15-17,19,21,25,35H,14H2,2-7H3,(H,32,37)(H2,28,30,31)/t17-,19+,21+,25+,27-,42-/m0/s1. The summed E-state index contributed by atoms with van der Waals surface area (Å²) >= 11 is 0. The number of hydrogen-bond donors (Lipinski definition) is 3. The second-order valence-corrected chi connectivity index (χ2v) is 12.3. The normalized spacial score (nSPS) is 24.2. The lowest BCUT2D eigenvalue weighted by molar-refractivity contribution is -0.149. The lowest BCUT2D eigenvalue weighted by Crippen LogP contribution is -2.39. The van der Waals surface area contributed by atoms with Gasteiger partial charge in [0, 0.05) is 14.1 Å². The van der Waals surface area contributed by atoms with Gasteiger partial charge in [-0.25, -0.2) is 9.55 Å². The molecule has 0 amide bonds. The minimum atomic E-state index is -4.22. The Morgan fingerprint density at radius 2 is 2.00 bits per heavy atom. The van der Waals surface area contributed by atoms with E-state index in [-0.39, 0.29) is 17.8 Å². The summed E-state index contributed by atoms with van der Waals surface area (Å²) < 4.78 is 38.4. The van der Waals surface area contributed by atoms with Crippen LogP contribution >= 0.6 is 7.75 Å². The zero-order valence-corrected chi connectivity index (χ0v) is 25.2. The molecule has 1 aliphatic heterocycles. The van der Waals surface area contributed by atoms with Gasteiger partial charge in [-0.15, -0.1) is 6.42 Å². The number of hydrogen-bond acceptors (Lipinski definition) is 12. The first-order chi connectivity index (χ1) is 19.8. The number of nitrogen functional groups attached to an aromatic ring is 1. The predicted molar refractivity (Wildman–Crippen MR) is 155 cm³/mol. The fraction of sp³-hybridized carbons (Fsp3) is 0.481. The highest BCUT2D eigenvalue weighted by Gasteiger charge is 2.54. The molecule has 1 fully saturated rings. The van der Waals surface area contributed by atoms with Gasteiger partial charge in [-0.05, 0) is 39.8 Å². The van der Waals surface area contributed by atoms with Crippen LogP contribution in [0.4, 0.5) is 11.8 Å². The molecule has 4 rings (SSSR count). The van der Waals surface area contributed by atoms with Gasteiger partial charge in [-0.3, -0.25) is 13.9 Å². The molecule has 4 N–H and O–H groups in total. The van der Waals surface area contributed by atoms with Crippen LogP contribution in [0.15, 0.2) is 36.7 Å². The van der Waals surface area contributed by atoms with Crippen molar-refractivity contribution in [3.05, 3.63) is 36.7 Å².